The van der Waals surface area contributed by atoms with Crippen LogP contribution in [-0.4, -0.2) is 29.4 Å². The molecule has 14 heavy (non-hydrogen) atoms. The van der Waals surface area contributed by atoms with Crippen molar-refractivity contribution >= 4 is 11.5 Å². The summed E-state index contributed by atoms with van der Waals surface area (Å²) in [5.74, 6) is 1.20. The van der Waals surface area contributed by atoms with Gasteiger partial charge in [-0.05, 0) is 20.3 Å². The fourth-order valence-electron chi connectivity index (χ4n) is 2.07. The minimum atomic E-state index is 0.568. The summed E-state index contributed by atoms with van der Waals surface area (Å²) in [4.78, 5) is 2.30. The lowest BCUT2D eigenvalue weighted by molar-refractivity contribution is 0.626. The van der Waals surface area contributed by atoms with Gasteiger partial charge in [0.2, 0.25) is 0 Å². The summed E-state index contributed by atoms with van der Waals surface area (Å²) in [5, 5.41) is 7.88. The molecule has 0 fully saturated rings. The highest BCUT2D eigenvalue weighted by atomic mass is 15.4. The zero-order valence-corrected chi connectivity index (χ0v) is 9.33. The summed E-state index contributed by atoms with van der Waals surface area (Å²) in [5.41, 5.74) is 2.28. The highest BCUT2D eigenvalue weighted by Gasteiger charge is 2.23. The van der Waals surface area contributed by atoms with Gasteiger partial charge in [0.25, 0.3) is 0 Å². The van der Waals surface area contributed by atoms with Gasteiger partial charge in [0, 0.05) is 26.7 Å². The largest absolute Gasteiger partial charge is 0.380 e. The van der Waals surface area contributed by atoms with Crippen LogP contribution in [0.5, 0.6) is 0 Å². The predicted molar refractivity (Wildman–Crippen MR) is 58.9 cm³/mol. The molecule has 0 aliphatic carbocycles. The summed E-state index contributed by atoms with van der Waals surface area (Å²) in [6, 6.07) is 0.568. The molecule has 1 aromatic rings. The van der Waals surface area contributed by atoms with Gasteiger partial charge in [0.1, 0.15) is 5.69 Å². The summed E-state index contributed by atoms with van der Waals surface area (Å²) in [7, 11) is 4.14. The zero-order chi connectivity index (χ0) is 10.3. The van der Waals surface area contributed by atoms with Crippen molar-refractivity contribution in [2.24, 2.45) is 7.05 Å². The zero-order valence-electron chi connectivity index (χ0n) is 9.33. The highest BCUT2D eigenvalue weighted by molar-refractivity contribution is 5.70. The third-order valence-electron chi connectivity index (χ3n) is 3.05. The summed E-state index contributed by atoms with van der Waals surface area (Å²) in [6.07, 6.45) is 1.17. The quantitative estimate of drug-likeness (QED) is 0.677. The Bertz CT molecular complexity index is 342. The van der Waals surface area contributed by atoms with Crippen LogP contribution in [0.15, 0.2) is 0 Å². The van der Waals surface area contributed by atoms with Gasteiger partial charge in [-0.3, -0.25) is 4.68 Å². The first-order valence-electron chi connectivity index (χ1n) is 5.11. The first-order chi connectivity index (χ1) is 6.61. The Hall–Kier alpha value is -1.19. The van der Waals surface area contributed by atoms with E-state index >= 15 is 0 Å². The number of anilines is 2. The maximum Gasteiger partial charge on any atom is 0.150 e. The molecule has 1 N–H and O–H groups in total. The molecule has 0 spiro atoms. The Morgan fingerprint density at radius 3 is 2.86 bits per heavy atom. The number of hydrogen-bond acceptors (Lipinski definition) is 3. The van der Waals surface area contributed by atoms with E-state index in [0.29, 0.717) is 6.04 Å². The van der Waals surface area contributed by atoms with Crippen LogP contribution >= 0.6 is 0 Å². The van der Waals surface area contributed by atoms with E-state index in [1.165, 1.54) is 17.9 Å². The van der Waals surface area contributed by atoms with Gasteiger partial charge in [-0.25, -0.2) is 0 Å². The molecule has 0 radical (unpaired) electrons. The van der Waals surface area contributed by atoms with Gasteiger partial charge >= 0.3 is 0 Å². The van der Waals surface area contributed by atoms with Crippen molar-refractivity contribution in [1.29, 1.82) is 0 Å². The lowest BCUT2D eigenvalue weighted by Gasteiger charge is -2.24. The van der Waals surface area contributed by atoms with Crippen LogP contribution in [0.3, 0.4) is 0 Å². The molecule has 1 aliphatic rings. The molecule has 0 bridgehead atoms. The molecule has 4 nitrogen and oxygen atoms in total. The maximum absolute atomic E-state index is 4.43. The van der Waals surface area contributed by atoms with Gasteiger partial charge in [0.05, 0.1) is 5.69 Å². The molecule has 2 rings (SSSR count). The Kier molecular flexibility index (Phi) is 2.13. The molecule has 1 aromatic heterocycles. The SMILES string of the molecule is Cc1nn(C)c2c1NCCC(C)N2C. The molecular formula is C10H18N4. The summed E-state index contributed by atoms with van der Waals surface area (Å²) in [6.45, 7) is 5.33. The number of aryl methyl sites for hydroxylation is 2. The number of nitrogens with one attached hydrogen (secondary N) is 1. The normalized spacial score (nSPS) is 21.4. The second kappa shape index (κ2) is 3.19. The number of rotatable bonds is 0. The topological polar surface area (TPSA) is 33.1 Å². The lowest BCUT2D eigenvalue weighted by atomic mass is 10.2. The van der Waals surface area contributed by atoms with E-state index in [1.54, 1.807) is 0 Å². The van der Waals surface area contributed by atoms with Gasteiger partial charge in [-0.15, -0.1) is 0 Å². The van der Waals surface area contributed by atoms with Crippen LogP contribution < -0.4 is 10.2 Å². The molecule has 0 saturated heterocycles. The molecule has 0 amide bonds. The standard InChI is InChI=1S/C10H18N4/c1-7-5-6-11-9-8(2)12-14(4)10(9)13(7)3/h7,11H,5-6H2,1-4H3. The monoisotopic (exact) mass is 194 g/mol. The van der Waals surface area contributed by atoms with Crippen LogP contribution in [0.4, 0.5) is 11.5 Å². The Balaban J connectivity index is 2.50. The second-order valence-electron chi connectivity index (χ2n) is 4.08. The number of aromatic nitrogens is 2. The molecule has 2 heterocycles. The van der Waals surface area contributed by atoms with E-state index in [4.69, 9.17) is 0 Å². The molecule has 1 aliphatic heterocycles. The van der Waals surface area contributed by atoms with E-state index in [9.17, 15) is 0 Å². The minimum absolute atomic E-state index is 0.568. The van der Waals surface area contributed by atoms with Gasteiger partial charge in [-0.1, -0.05) is 0 Å². The van der Waals surface area contributed by atoms with Gasteiger partial charge in [-0.2, -0.15) is 5.10 Å². The Labute approximate surface area is 84.9 Å². The van der Waals surface area contributed by atoms with Gasteiger partial charge in [0.15, 0.2) is 5.82 Å². The molecule has 0 aromatic carbocycles. The Morgan fingerprint density at radius 1 is 1.43 bits per heavy atom. The number of nitrogens with zero attached hydrogens (tertiary/aromatic N) is 3. The van der Waals surface area contributed by atoms with E-state index in [0.717, 1.165) is 12.2 Å². The van der Waals surface area contributed by atoms with Crippen LogP contribution in [0.25, 0.3) is 0 Å². The predicted octanol–water partition coefficient (Wildman–Crippen LogP) is 1.37. The van der Waals surface area contributed by atoms with Crippen LogP contribution in [0.2, 0.25) is 0 Å². The van der Waals surface area contributed by atoms with Crippen molar-refractivity contribution in [3.8, 4) is 0 Å². The van der Waals surface area contributed by atoms with Crippen molar-refractivity contribution in [3.05, 3.63) is 5.69 Å². The minimum Gasteiger partial charge on any atom is -0.380 e. The van der Waals surface area contributed by atoms with Crippen LogP contribution in [-0.2, 0) is 7.05 Å². The third-order valence-corrected chi connectivity index (χ3v) is 3.05. The van der Waals surface area contributed by atoms with Crippen LogP contribution in [0.1, 0.15) is 19.0 Å². The first-order valence-corrected chi connectivity index (χ1v) is 5.11. The lowest BCUT2D eigenvalue weighted by Crippen LogP contribution is -2.29. The highest BCUT2D eigenvalue weighted by Crippen LogP contribution is 2.31. The molecular weight excluding hydrogens is 176 g/mol. The molecule has 0 saturated carbocycles. The van der Waals surface area contributed by atoms with Crippen molar-refractivity contribution in [2.75, 3.05) is 23.8 Å². The average Bonchev–Trinajstić information content (AvgIpc) is 2.29. The van der Waals surface area contributed by atoms with Crippen molar-refractivity contribution in [2.45, 2.75) is 26.3 Å². The van der Waals surface area contributed by atoms with E-state index < -0.39 is 0 Å². The smallest absolute Gasteiger partial charge is 0.150 e. The van der Waals surface area contributed by atoms with E-state index in [-0.39, 0.29) is 0 Å². The summed E-state index contributed by atoms with van der Waals surface area (Å²) >= 11 is 0. The van der Waals surface area contributed by atoms with E-state index in [2.05, 4.69) is 36.2 Å². The number of fused-ring (bicyclic) bond motifs is 1. The molecule has 1 unspecified atom stereocenters. The molecule has 1 atom stereocenters. The molecule has 78 valence electrons. The fourth-order valence-corrected chi connectivity index (χ4v) is 2.07. The van der Waals surface area contributed by atoms with Crippen molar-refractivity contribution in [3.63, 3.8) is 0 Å². The number of hydrogen-bond donors (Lipinski definition) is 1. The second-order valence-corrected chi connectivity index (χ2v) is 4.08. The van der Waals surface area contributed by atoms with Crippen molar-refractivity contribution < 1.29 is 0 Å². The molecule has 4 heteroatoms. The van der Waals surface area contributed by atoms with Gasteiger partial charge < -0.3 is 10.2 Å². The average molecular weight is 194 g/mol. The summed E-state index contributed by atoms with van der Waals surface area (Å²) < 4.78 is 1.96. The van der Waals surface area contributed by atoms with E-state index in [1.807, 2.05) is 11.7 Å². The van der Waals surface area contributed by atoms with Crippen molar-refractivity contribution in [1.82, 2.24) is 9.78 Å². The third kappa shape index (κ3) is 1.25. The fraction of sp³-hybridized carbons (Fsp3) is 0.700. The maximum atomic E-state index is 4.43. The first kappa shape index (κ1) is 9.37. The Morgan fingerprint density at radius 2 is 2.14 bits per heavy atom. The van der Waals surface area contributed by atoms with Crippen LogP contribution in [0, 0.1) is 6.92 Å².